The van der Waals surface area contributed by atoms with Crippen molar-refractivity contribution in [3.05, 3.63) is 9.75 Å². The third-order valence-corrected chi connectivity index (χ3v) is 12.5. The Morgan fingerprint density at radius 2 is 0.708 bits per heavy atom. The molecule has 0 unspecified atom stereocenters. The second-order valence-corrected chi connectivity index (χ2v) is 13.4. The van der Waals surface area contributed by atoms with Crippen LogP contribution in [0.4, 0.5) is 0 Å². The number of hydrogen-bond donors (Lipinski definition) is 0. The van der Waals surface area contributed by atoms with Gasteiger partial charge in [0.25, 0.3) is 0 Å². The van der Waals surface area contributed by atoms with E-state index in [0.29, 0.717) is 10.8 Å². The molecule has 0 spiro atoms. The van der Waals surface area contributed by atoms with Crippen LogP contribution in [0.15, 0.2) is 0 Å². The van der Waals surface area contributed by atoms with Gasteiger partial charge in [-0.2, -0.15) is 0 Å². The van der Waals surface area contributed by atoms with Crippen molar-refractivity contribution in [2.75, 3.05) is 0 Å². The van der Waals surface area contributed by atoms with E-state index in [4.69, 9.17) is 0 Å². The highest BCUT2D eigenvalue weighted by atomic mass is 32.9. The summed E-state index contributed by atoms with van der Waals surface area (Å²) >= 11 is 0. The molecular formula is C22H30S2. The lowest BCUT2D eigenvalue weighted by atomic mass is 9.46. The first-order valence-corrected chi connectivity index (χ1v) is 12.9. The van der Waals surface area contributed by atoms with Crippen molar-refractivity contribution in [2.24, 2.45) is 35.5 Å². The Morgan fingerprint density at radius 3 is 0.917 bits per heavy atom. The standard InChI is InChI=1S/C22H30S2/c1-13-2-15-3-14(1)8-21(7-13,9-15)19-20(24-23-19)22-10-16-4-17(11-22)6-18(5-16)12-22/h13-18H,1-12H2. The smallest absolute Gasteiger partial charge is 0.0359 e. The molecule has 0 nitrogen and oxygen atoms in total. The summed E-state index contributed by atoms with van der Waals surface area (Å²) < 4.78 is 0. The quantitative estimate of drug-likeness (QED) is 0.513. The molecule has 8 bridgehead atoms. The molecule has 24 heavy (non-hydrogen) atoms. The van der Waals surface area contributed by atoms with E-state index in [-0.39, 0.29) is 0 Å². The van der Waals surface area contributed by atoms with Crippen molar-refractivity contribution in [3.63, 3.8) is 0 Å². The molecule has 0 atom stereocenters. The molecule has 9 rings (SSSR count). The fraction of sp³-hybridized carbons (Fsp3) is 0.909. The normalized spacial score (nSPS) is 57.2. The van der Waals surface area contributed by atoms with Crippen molar-refractivity contribution in [3.8, 4) is 0 Å². The summed E-state index contributed by atoms with van der Waals surface area (Å²) in [6.07, 6.45) is 19.1. The fourth-order valence-corrected chi connectivity index (χ4v) is 12.9. The van der Waals surface area contributed by atoms with Crippen LogP contribution < -0.4 is 0 Å². The molecule has 8 saturated carbocycles. The van der Waals surface area contributed by atoms with Crippen molar-refractivity contribution >= 4 is 20.7 Å². The summed E-state index contributed by atoms with van der Waals surface area (Å²) in [7, 11) is 4.49. The van der Waals surface area contributed by atoms with Gasteiger partial charge >= 0.3 is 0 Å². The minimum atomic E-state index is 0.684. The third kappa shape index (κ3) is 1.76. The van der Waals surface area contributed by atoms with E-state index in [0.717, 1.165) is 35.5 Å². The van der Waals surface area contributed by atoms with Gasteiger partial charge in [-0.25, -0.2) is 0 Å². The van der Waals surface area contributed by atoms with Crippen LogP contribution in [-0.2, 0) is 10.8 Å². The molecule has 0 radical (unpaired) electrons. The Labute approximate surface area is 153 Å². The van der Waals surface area contributed by atoms with Gasteiger partial charge in [0, 0.05) is 20.6 Å². The molecule has 0 amide bonds. The van der Waals surface area contributed by atoms with Crippen molar-refractivity contribution in [1.29, 1.82) is 0 Å². The Morgan fingerprint density at radius 1 is 0.458 bits per heavy atom. The van der Waals surface area contributed by atoms with E-state index in [1.54, 1.807) is 77.0 Å². The van der Waals surface area contributed by atoms with E-state index in [1.807, 2.05) is 9.75 Å². The summed E-state index contributed by atoms with van der Waals surface area (Å²) in [5, 5.41) is 0. The molecule has 1 aromatic rings. The second-order valence-electron chi connectivity index (χ2n) is 11.2. The molecule has 8 aliphatic rings. The average molecular weight is 359 g/mol. The molecular weight excluding hydrogens is 328 g/mol. The van der Waals surface area contributed by atoms with E-state index in [9.17, 15) is 0 Å². The summed E-state index contributed by atoms with van der Waals surface area (Å²) in [4.78, 5) is 3.96. The van der Waals surface area contributed by atoms with Crippen LogP contribution in [0.25, 0.3) is 0 Å². The molecule has 0 saturated heterocycles. The van der Waals surface area contributed by atoms with Gasteiger partial charge < -0.3 is 0 Å². The lowest BCUT2D eigenvalue weighted by Gasteiger charge is -2.60. The second kappa shape index (κ2) is 4.53. The molecule has 0 aliphatic heterocycles. The summed E-state index contributed by atoms with van der Waals surface area (Å²) in [6.45, 7) is 0. The third-order valence-electron chi connectivity index (χ3n) is 9.45. The first-order valence-electron chi connectivity index (χ1n) is 10.8. The van der Waals surface area contributed by atoms with Crippen molar-refractivity contribution < 1.29 is 0 Å². The van der Waals surface area contributed by atoms with Crippen LogP contribution in [0.1, 0.15) is 86.8 Å². The zero-order valence-corrected chi connectivity index (χ0v) is 16.4. The molecule has 2 heteroatoms. The van der Waals surface area contributed by atoms with Crippen LogP contribution in [-0.4, -0.2) is 0 Å². The van der Waals surface area contributed by atoms with Gasteiger partial charge in [-0.15, -0.1) is 0 Å². The molecule has 8 aliphatic carbocycles. The molecule has 8 fully saturated rings. The van der Waals surface area contributed by atoms with Gasteiger partial charge in [0.2, 0.25) is 0 Å². The highest BCUT2D eigenvalue weighted by molar-refractivity contribution is 7.72. The Balaban J connectivity index is 1.29. The van der Waals surface area contributed by atoms with Crippen LogP contribution in [0.2, 0.25) is 0 Å². The van der Waals surface area contributed by atoms with E-state index >= 15 is 0 Å². The van der Waals surface area contributed by atoms with Gasteiger partial charge in [0.05, 0.1) is 0 Å². The predicted molar refractivity (Wildman–Crippen MR) is 102 cm³/mol. The Bertz CT molecular complexity index is 549. The van der Waals surface area contributed by atoms with Crippen LogP contribution in [0.3, 0.4) is 0 Å². The first-order chi connectivity index (χ1) is 11.7. The summed E-state index contributed by atoms with van der Waals surface area (Å²) in [5.74, 6) is 6.63. The van der Waals surface area contributed by atoms with E-state index < -0.39 is 0 Å². The van der Waals surface area contributed by atoms with Crippen molar-refractivity contribution in [1.82, 2.24) is 0 Å². The first kappa shape index (κ1) is 14.3. The highest BCUT2D eigenvalue weighted by Crippen LogP contribution is 2.68. The van der Waals surface area contributed by atoms with Crippen LogP contribution in [0.5, 0.6) is 0 Å². The molecule has 1 heterocycles. The monoisotopic (exact) mass is 358 g/mol. The van der Waals surface area contributed by atoms with Gasteiger partial charge in [-0.05, 0) is 113 Å². The molecule has 1 aromatic heterocycles. The predicted octanol–water partition coefficient (Wildman–Crippen LogP) is 6.75. The van der Waals surface area contributed by atoms with Crippen molar-refractivity contribution in [2.45, 2.75) is 87.9 Å². The van der Waals surface area contributed by atoms with Crippen LogP contribution >= 0.6 is 20.7 Å². The minimum absolute atomic E-state index is 0.684. The Hall–Kier alpha value is 0.180. The highest BCUT2D eigenvalue weighted by Gasteiger charge is 2.58. The topological polar surface area (TPSA) is 0 Å². The van der Waals surface area contributed by atoms with E-state index in [1.165, 1.54) is 0 Å². The van der Waals surface area contributed by atoms with Gasteiger partial charge in [-0.3, -0.25) is 0 Å². The summed E-state index contributed by atoms with van der Waals surface area (Å²) in [5.41, 5.74) is 1.37. The van der Waals surface area contributed by atoms with E-state index in [2.05, 4.69) is 20.7 Å². The maximum Gasteiger partial charge on any atom is 0.0359 e. The van der Waals surface area contributed by atoms with Gasteiger partial charge in [0.15, 0.2) is 0 Å². The maximum absolute atomic E-state index is 2.25. The SMILES string of the molecule is C1C2CC3CC1CC(c1ssc1C14CC5CC(CC(C5)C1)C4)(C2)C3. The average Bonchev–Trinajstić information content (AvgIpc) is 2.41. The number of hydrogen-bond acceptors (Lipinski definition) is 2. The lowest BCUT2D eigenvalue weighted by molar-refractivity contribution is -0.0149. The zero-order chi connectivity index (χ0) is 15.5. The maximum atomic E-state index is 2.25. The summed E-state index contributed by atoms with van der Waals surface area (Å²) in [6, 6.07) is 0. The minimum Gasteiger partial charge on any atom is -0.0831 e. The molecule has 0 N–H and O–H groups in total. The zero-order valence-electron chi connectivity index (χ0n) is 14.8. The fourth-order valence-electron chi connectivity index (χ4n) is 9.56. The van der Waals surface area contributed by atoms with Crippen LogP contribution in [0, 0.1) is 35.5 Å². The largest absolute Gasteiger partial charge is 0.0831 e. The van der Waals surface area contributed by atoms with Gasteiger partial charge in [-0.1, -0.05) is 20.7 Å². The number of rotatable bonds is 2. The van der Waals surface area contributed by atoms with Gasteiger partial charge in [0.1, 0.15) is 0 Å². The molecule has 0 aromatic carbocycles. The molecule has 130 valence electrons. The Kier molecular flexibility index (Phi) is 2.69. The lowest BCUT2D eigenvalue weighted by Crippen LogP contribution is -2.52.